The highest BCUT2D eigenvalue weighted by Crippen LogP contribution is 2.57. The van der Waals surface area contributed by atoms with E-state index in [-0.39, 0.29) is 23.8 Å². The molecule has 1 amide bonds. The summed E-state index contributed by atoms with van der Waals surface area (Å²) in [4.78, 5) is 29.4. The Morgan fingerprint density at radius 1 is 1.05 bits per heavy atom. The second-order valence-corrected chi connectivity index (χ2v) is 12.7. The van der Waals surface area contributed by atoms with E-state index in [1.54, 1.807) is 12.1 Å². The van der Waals surface area contributed by atoms with Crippen molar-refractivity contribution in [1.29, 1.82) is 0 Å². The maximum absolute atomic E-state index is 13.1. The van der Waals surface area contributed by atoms with E-state index in [9.17, 15) is 14.7 Å². The lowest BCUT2D eigenvalue weighted by atomic mass is 9.54. The van der Waals surface area contributed by atoms with Gasteiger partial charge in [0.05, 0.1) is 17.8 Å². The topological polar surface area (TPSA) is 93.5 Å². The van der Waals surface area contributed by atoms with Crippen LogP contribution in [0.4, 0.5) is 4.79 Å². The summed E-state index contributed by atoms with van der Waals surface area (Å²) in [5.41, 5.74) is 3.30. The molecule has 216 valence electrons. The van der Waals surface area contributed by atoms with E-state index in [4.69, 9.17) is 16.3 Å². The van der Waals surface area contributed by atoms with Crippen LogP contribution in [0.3, 0.4) is 0 Å². The summed E-state index contributed by atoms with van der Waals surface area (Å²) in [6.07, 6.45) is 9.33. The second-order valence-electron chi connectivity index (χ2n) is 12.3. The number of alkyl carbamates (subject to hydrolysis) is 1. The third-order valence-corrected chi connectivity index (χ3v) is 9.61. The smallest absolute Gasteiger partial charge is 0.408 e. The molecule has 0 unspecified atom stereocenters. The van der Waals surface area contributed by atoms with E-state index >= 15 is 0 Å². The molecule has 4 bridgehead atoms. The number of carbonyl (C=O) groups is 2. The van der Waals surface area contributed by atoms with Gasteiger partial charge in [0.1, 0.15) is 11.4 Å². The first-order valence-electron chi connectivity index (χ1n) is 14.9. The number of amides is 1. The normalized spacial score (nSPS) is 24.4. The number of imidazole rings is 1. The third-order valence-electron chi connectivity index (χ3n) is 9.31. The Bertz CT molecular complexity index is 1400. The number of carboxylic acids is 1. The molecule has 0 saturated heterocycles. The van der Waals surface area contributed by atoms with Crippen LogP contribution in [0, 0.1) is 17.8 Å². The predicted octanol–water partition coefficient (Wildman–Crippen LogP) is 7.49. The molecule has 0 atom stereocenters. The van der Waals surface area contributed by atoms with Crippen molar-refractivity contribution in [2.75, 3.05) is 0 Å². The second kappa shape index (κ2) is 11.5. The molecule has 1 aromatic heterocycles. The van der Waals surface area contributed by atoms with Crippen molar-refractivity contribution >= 4 is 23.7 Å². The highest BCUT2D eigenvalue weighted by molar-refractivity contribution is 6.30. The summed E-state index contributed by atoms with van der Waals surface area (Å²) in [5.74, 6) is 2.06. The molecule has 2 aromatic carbocycles. The number of hydrogen-bond donors (Lipinski definition) is 2. The van der Waals surface area contributed by atoms with Gasteiger partial charge in [0.25, 0.3) is 0 Å². The SMILES string of the molecule is CCCCc1nc(Cl)c(CNC(=O)OC23CC4CC(CC(C4)C2)C3)n1Cc1ccc(-c2ccccc2C(=O)O)cc1. The lowest BCUT2D eigenvalue weighted by Crippen LogP contribution is -2.53. The Hall–Kier alpha value is -3.32. The average Bonchev–Trinajstić information content (AvgIpc) is 3.23. The molecule has 7 nitrogen and oxygen atoms in total. The molecule has 0 radical (unpaired) electrons. The fourth-order valence-corrected chi connectivity index (χ4v) is 8.09. The number of aryl methyl sites for hydroxylation is 1. The summed E-state index contributed by atoms with van der Waals surface area (Å²) >= 11 is 6.65. The summed E-state index contributed by atoms with van der Waals surface area (Å²) in [6.45, 7) is 2.93. The summed E-state index contributed by atoms with van der Waals surface area (Å²) in [5, 5.41) is 13.0. The average molecular weight is 576 g/mol. The number of nitrogens with zero attached hydrogens (tertiary/aromatic N) is 2. The summed E-state index contributed by atoms with van der Waals surface area (Å²) < 4.78 is 8.26. The molecule has 0 spiro atoms. The fraction of sp³-hybridized carbons (Fsp3) is 0.485. The van der Waals surface area contributed by atoms with Crippen molar-refractivity contribution in [2.24, 2.45) is 17.8 Å². The molecule has 8 heteroatoms. The van der Waals surface area contributed by atoms with Crippen LogP contribution >= 0.6 is 11.6 Å². The lowest BCUT2D eigenvalue weighted by molar-refractivity contribution is -0.127. The molecule has 4 fully saturated rings. The minimum absolute atomic E-state index is 0.243. The van der Waals surface area contributed by atoms with Crippen LogP contribution in [0.5, 0.6) is 0 Å². The molecule has 41 heavy (non-hydrogen) atoms. The van der Waals surface area contributed by atoms with Gasteiger partial charge in [-0.2, -0.15) is 0 Å². The number of aromatic carboxylic acids is 1. The molecule has 1 heterocycles. The third kappa shape index (κ3) is 5.87. The van der Waals surface area contributed by atoms with Gasteiger partial charge in [-0.1, -0.05) is 67.4 Å². The number of unbranched alkanes of at least 4 members (excludes halogenated alkanes) is 1. The highest BCUT2D eigenvalue weighted by atomic mass is 35.5. The summed E-state index contributed by atoms with van der Waals surface area (Å²) in [6, 6.07) is 14.9. The zero-order valence-corrected chi connectivity index (χ0v) is 24.3. The Morgan fingerprint density at radius 3 is 2.34 bits per heavy atom. The van der Waals surface area contributed by atoms with E-state index in [0.29, 0.717) is 35.0 Å². The first-order valence-corrected chi connectivity index (χ1v) is 15.3. The molecule has 4 saturated carbocycles. The molecule has 4 aliphatic carbocycles. The number of hydrogen-bond acceptors (Lipinski definition) is 4. The van der Waals surface area contributed by atoms with Gasteiger partial charge in [0.15, 0.2) is 5.15 Å². The van der Waals surface area contributed by atoms with Crippen molar-refractivity contribution in [2.45, 2.75) is 83.4 Å². The monoisotopic (exact) mass is 575 g/mol. The van der Waals surface area contributed by atoms with Crippen molar-refractivity contribution in [3.05, 3.63) is 76.3 Å². The van der Waals surface area contributed by atoms with Gasteiger partial charge in [0, 0.05) is 13.0 Å². The van der Waals surface area contributed by atoms with E-state index in [1.807, 2.05) is 36.4 Å². The number of carboxylic acid groups (broad SMARTS) is 1. The highest BCUT2D eigenvalue weighted by Gasteiger charge is 2.53. The maximum Gasteiger partial charge on any atom is 0.408 e. The molecule has 2 N–H and O–H groups in total. The van der Waals surface area contributed by atoms with Gasteiger partial charge in [-0.05, 0) is 85.5 Å². The Morgan fingerprint density at radius 2 is 1.71 bits per heavy atom. The minimum atomic E-state index is -0.947. The van der Waals surface area contributed by atoms with Crippen LogP contribution in [0.2, 0.25) is 5.15 Å². The maximum atomic E-state index is 13.1. The number of ether oxygens (including phenoxy) is 1. The van der Waals surface area contributed by atoms with Crippen LogP contribution in [-0.4, -0.2) is 32.3 Å². The van der Waals surface area contributed by atoms with Gasteiger partial charge in [0.2, 0.25) is 0 Å². The fourth-order valence-electron chi connectivity index (χ4n) is 7.82. The van der Waals surface area contributed by atoms with Gasteiger partial charge in [-0.25, -0.2) is 14.6 Å². The summed E-state index contributed by atoms with van der Waals surface area (Å²) in [7, 11) is 0. The first-order chi connectivity index (χ1) is 19.8. The number of rotatable bonds is 10. The van der Waals surface area contributed by atoms with Crippen LogP contribution in [-0.2, 0) is 24.2 Å². The Kier molecular flexibility index (Phi) is 7.82. The molecule has 0 aliphatic heterocycles. The molecular formula is C33H38ClN3O4. The van der Waals surface area contributed by atoms with Crippen LogP contribution in [0.25, 0.3) is 11.1 Å². The first kappa shape index (κ1) is 27.8. The van der Waals surface area contributed by atoms with Gasteiger partial charge in [-0.15, -0.1) is 0 Å². The number of halogens is 1. The number of carbonyl (C=O) groups excluding carboxylic acids is 1. The molecule has 3 aromatic rings. The van der Waals surface area contributed by atoms with Gasteiger partial charge in [-0.3, -0.25) is 0 Å². The zero-order chi connectivity index (χ0) is 28.6. The molecular weight excluding hydrogens is 538 g/mol. The van der Waals surface area contributed by atoms with E-state index < -0.39 is 5.97 Å². The van der Waals surface area contributed by atoms with E-state index in [0.717, 1.165) is 61.2 Å². The Labute approximate surface area is 246 Å². The van der Waals surface area contributed by atoms with E-state index in [2.05, 4.69) is 21.8 Å². The van der Waals surface area contributed by atoms with Crippen molar-refractivity contribution in [1.82, 2.24) is 14.9 Å². The standard InChI is InChI=1S/C33H38ClN3O4/c1-2-3-8-29-36-30(34)28(19-35-32(40)41-33-16-22-13-23(17-33)15-24(14-22)18-33)37(29)20-21-9-11-25(12-10-21)26-6-4-5-7-27(26)31(38)39/h4-7,9-12,22-24H,2-3,8,13-20H2,1H3,(H,35,40)(H,38,39). The van der Waals surface area contributed by atoms with Crippen molar-refractivity contribution in [3.8, 4) is 11.1 Å². The van der Waals surface area contributed by atoms with Crippen molar-refractivity contribution in [3.63, 3.8) is 0 Å². The number of aromatic nitrogens is 2. The van der Waals surface area contributed by atoms with Gasteiger partial charge < -0.3 is 19.7 Å². The lowest BCUT2D eigenvalue weighted by Gasteiger charge is -2.55. The molecule has 7 rings (SSSR count). The van der Waals surface area contributed by atoms with Crippen LogP contribution in [0.1, 0.15) is 85.7 Å². The Balaban J connectivity index is 1.18. The van der Waals surface area contributed by atoms with Gasteiger partial charge >= 0.3 is 12.1 Å². The number of nitrogens with one attached hydrogen (secondary N) is 1. The van der Waals surface area contributed by atoms with Crippen LogP contribution < -0.4 is 5.32 Å². The zero-order valence-electron chi connectivity index (χ0n) is 23.6. The molecule has 4 aliphatic rings. The largest absolute Gasteiger partial charge is 0.478 e. The minimum Gasteiger partial charge on any atom is -0.478 e. The van der Waals surface area contributed by atoms with E-state index in [1.165, 1.54) is 19.3 Å². The van der Waals surface area contributed by atoms with Crippen LogP contribution in [0.15, 0.2) is 48.5 Å². The predicted molar refractivity (Wildman–Crippen MR) is 158 cm³/mol. The number of benzene rings is 2. The quantitative estimate of drug-likeness (QED) is 0.261. The van der Waals surface area contributed by atoms with Crippen molar-refractivity contribution < 1.29 is 19.4 Å².